The van der Waals surface area contributed by atoms with Gasteiger partial charge in [-0.15, -0.1) is 0 Å². The van der Waals surface area contributed by atoms with E-state index in [0.29, 0.717) is 6.42 Å². The zero-order chi connectivity index (χ0) is 11.6. The number of nitrogens with zero attached hydrogens (tertiary/aromatic N) is 1. The van der Waals surface area contributed by atoms with E-state index in [-0.39, 0.29) is 17.6 Å². The first-order valence-electron chi connectivity index (χ1n) is 6.23. The zero-order valence-corrected chi connectivity index (χ0v) is 10.1. The standard InChI is InChI=1S/C12H22N2O2/c1-14(9-10-4-2-7-16-10)11(15)8-12(13)5-3-6-12/h10H,2-9,13H2,1H3. The zero-order valence-electron chi connectivity index (χ0n) is 10.1. The molecule has 1 unspecified atom stereocenters. The molecule has 4 nitrogen and oxygen atoms in total. The largest absolute Gasteiger partial charge is 0.376 e. The number of carbonyl (C=O) groups excluding carboxylic acids is 1. The summed E-state index contributed by atoms with van der Waals surface area (Å²) in [5.74, 6) is 0.165. The Hall–Kier alpha value is -0.610. The van der Waals surface area contributed by atoms with Crippen LogP contribution >= 0.6 is 0 Å². The van der Waals surface area contributed by atoms with Crippen molar-refractivity contribution in [3.05, 3.63) is 0 Å². The van der Waals surface area contributed by atoms with Gasteiger partial charge in [0.25, 0.3) is 0 Å². The van der Waals surface area contributed by atoms with Crippen LogP contribution in [0.5, 0.6) is 0 Å². The Morgan fingerprint density at radius 1 is 1.50 bits per heavy atom. The predicted octanol–water partition coefficient (Wildman–Crippen LogP) is 0.895. The molecule has 2 aliphatic rings. The van der Waals surface area contributed by atoms with Crippen LogP contribution in [-0.2, 0) is 9.53 Å². The van der Waals surface area contributed by atoms with Crippen LogP contribution in [0.1, 0.15) is 38.5 Å². The first-order valence-corrected chi connectivity index (χ1v) is 6.23. The minimum Gasteiger partial charge on any atom is -0.376 e. The average Bonchev–Trinajstić information content (AvgIpc) is 2.68. The lowest BCUT2D eigenvalue weighted by atomic mass is 9.75. The highest BCUT2D eigenvalue weighted by Crippen LogP contribution is 2.32. The first kappa shape index (κ1) is 11.9. The van der Waals surface area contributed by atoms with Crippen LogP contribution in [0.2, 0.25) is 0 Å². The summed E-state index contributed by atoms with van der Waals surface area (Å²) in [4.78, 5) is 13.7. The second kappa shape index (κ2) is 4.72. The fourth-order valence-electron chi connectivity index (χ4n) is 2.44. The van der Waals surface area contributed by atoms with Gasteiger partial charge in [0.1, 0.15) is 0 Å². The molecule has 0 spiro atoms. The molecule has 0 radical (unpaired) electrons. The van der Waals surface area contributed by atoms with Gasteiger partial charge in [0, 0.05) is 32.2 Å². The third-order valence-corrected chi connectivity index (χ3v) is 3.78. The van der Waals surface area contributed by atoms with Crippen molar-refractivity contribution in [2.24, 2.45) is 5.73 Å². The quantitative estimate of drug-likeness (QED) is 0.774. The van der Waals surface area contributed by atoms with E-state index in [1.165, 1.54) is 6.42 Å². The topological polar surface area (TPSA) is 55.6 Å². The lowest BCUT2D eigenvalue weighted by Gasteiger charge is -2.38. The second-order valence-electron chi connectivity index (χ2n) is 5.30. The van der Waals surface area contributed by atoms with Gasteiger partial charge in [0.15, 0.2) is 0 Å². The van der Waals surface area contributed by atoms with Crippen molar-refractivity contribution >= 4 is 5.91 Å². The molecule has 0 aromatic rings. The van der Waals surface area contributed by atoms with Crippen LogP contribution in [0, 0.1) is 0 Å². The highest BCUT2D eigenvalue weighted by atomic mass is 16.5. The highest BCUT2D eigenvalue weighted by Gasteiger charge is 2.35. The van der Waals surface area contributed by atoms with Crippen molar-refractivity contribution in [3.8, 4) is 0 Å². The number of rotatable bonds is 4. The Labute approximate surface area is 97.1 Å². The molecular weight excluding hydrogens is 204 g/mol. The van der Waals surface area contributed by atoms with E-state index < -0.39 is 0 Å². The molecule has 1 aliphatic heterocycles. The van der Waals surface area contributed by atoms with E-state index in [2.05, 4.69) is 0 Å². The summed E-state index contributed by atoms with van der Waals surface area (Å²) in [6.07, 6.45) is 6.08. The molecule has 2 rings (SSSR count). The van der Waals surface area contributed by atoms with Gasteiger partial charge in [0.05, 0.1) is 6.10 Å². The van der Waals surface area contributed by atoms with E-state index in [9.17, 15) is 4.79 Å². The Morgan fingerprint density at radius 2 is 2.25 bits per heavy atom. The third-order valence-electron chi connectivity index (χ3n) is 3.78. The van der Waals surface area contributed by atoms with Crippen molar-refractivity contribution < 1.29 is 9.53 Å². The van der Waals surface area contributed by atoms with Gasteiger partial charge in [-0.3, -0.25) is 4.79 Å². The molecule has 1 saturated heterocycles. The first-order chi connectivity index (χ1) is 7.59. The van der Waals surface area contributed by atoms with Crippen LogP contribution in [0.25, 0.3) is 0 Å². The lowest BCUT2D eigenvalue weighted by molar-refractivity contribution is -0.133. The summed E-state index contributed by atoms with van der Waals surface area (Å²) in [7, 11) is 1.85. The molecule has 1 amide bonds. The average molecular weight is 226 g/mol. The Bertz CT molecular complexity index is 258. The molecule has 1 aliphatic carbocycles. The Morgan fingerprint density at radius 3 is 2.75 bits per heavy atom. The van der Waals surface area contributed by atoms with Gasteiger partial charge in [-0.2, -0.15) is 0 Å². The van der Waals surface area contributed by atoms with Crippen LogP contribution < -0.4 is 5.73 Å². The molecule has 0 aromatic heterocycles. The second-order valence-corrected chi connectivity index (χ2v) is 5.30. The molecule has 92 valence electrons. The number of nitrogens with two attached hydrogens (primary N) is 1. The van der Waals surface area contributed by atoms with Gasteiger partial charge >= 0.3 is 0 Å². The van der Waals surface area contributed by atoms with E-state index in [1.807, 2.05) is 7.05 Å². The van der Waals surface area contributed by atoms with Gasteiger partial charge < -0.3 is 15.4 Å². The Balaban J connectivity index is 1.75. The summed E-state index contributed by atoms with van der Waals surface area (Å²) in [6, 6.07) is 0. The summed E-state index contributed by atoms with van der Waals surface area (Å²) >= 11 is 0. The molecule has 1 saturated carbocycles. The van der Waals surface area contributed by atoms with Crippen molar-refractivity contribution in [1.82, 2.24) is 4.90 Å². The number of carbonyl (C=O) groups is 1. The van der Waals surface area contributed by atoms with Crippen molar-refractivity contribution in [1.29, 1.82) is 0 Å². The van der Waals surface area contributed by atoms with Gasteiger partial charge in [-0.1, -0.05) is 0 Å². The third kappa shape index (κ3) is 2.74. The summed E-state index contributed by atoms with van der Waals surface area (Å²) in [5, 5.41) is 0. The highest BCUT2D eigenvalue weighted by molar-refractivity contribution is 5.77. The maximum absolute atomic E-state index is 11.9. The Kier molecular flexibility index (Phi) is 3.50. The molecule has 0 bridgehead atoms. The maximum atomic E-state index is 11.9. The number of amides is 1. The SMILES string of the molecule is CN(CC1CCCO1)C(=O)CC1(N)CCC1. The molecule has 1 atom stereocenters. The van der Waals surface area contributed by atoms with E-state index in [1.54, 1.807) is 4.90 Å². The molecule has 0 aromatic carbocycles. The predicted molar refractivity (Wildman–Crippen MR) is 62.0 cm³/mol. The molecule has 4 heteroatoms. The summed E-state index contributed by atoms with van der Waals surface area (Å²) < 4.78 is 5.52. The van der Waals surface area contributed by atoms with Gasteiger partial charge in [0.2, 0.25) is 5.91 Å². The molecule has 1 heterocycles. The van der Waals surface area contributed by atoms with Crippen molar-refractivity contribution in [3.63, 3.8) is 0 Å². The fraction of sp³-hybridized carbons (Fsp3) is 0.917. The van der Waals surface area contributed by atoms with Crippen LogP contribution in [-0.4, -0.2) is 42.6 Å². The molecule has 2 N–H and O–H groups in total. The van der Waals surface area contributed by atoms with E-state index in [0.717, 1.165) is 38.8 Å². The normalized spacial score (nSPS) is 27.5. The van der Waals surface area contributed by atoms with Crippen LogP contribution in [0.4, 0.5) is 0 Å². The molecular formula is C12H22N2O2. The van der Waals surface area contributed by atoms with Gasteiger partial charge in [-0.25, -0.2) is 0 Å². The van der Waals surface area contributed by atoms with Crippen LogP contribution in [0.3, 0.4) is 0 Å². The number of hydrogen-bond acceptors (Lipinski definition) is 3. The van der Waals surface area contributed by atoms with Crippen LogP contribution in [0.15, 0.2) is 0 Å². The summed E-state index contributed by atoms with van der Waals surface area (Å²) in [5.41, 5.74) is 5.86. The lowest BCUT2D eigenvalue weighted by Crippen LogP contribution is -2.50. The monoisotopic (exact) mass is 226 g/mol. The smallest absolute Gasteiger partial charge is 0.224 e. The number of likely N-dealkylation sites (N-methyl/N-ethyl adjacent to an activating group) is 1. The van der Waals surface area contributed by atoms with Gasteiger partial charge in [-0.05, 0) is 32.1 Å². The summed E-state index contributed by atoms with van der Waals surface area (Å²) in [6.45, 7) is 1.56. The minimum atomic E-state index is -0.206. The maximum Gasteiger partial charge on any atom is 0.224 e. The van der Waals surface area contributed by atoms with E-state index in [4.69, 9.17) is 10.5 Å². The minimum absolute atomic E-state index is 0.165. The van der Waals surface area contributed by atoms with Crippen molar-refractivity contribution in [2.75, 3.05) is 20.2 Å². The number of hydrogen-bond donors (Lipinski definition) is 1. The van der Waals surface area contributed by atoms with Crippen molar-refractivity contribution in [2.45, 2.75) is 50.2 Å². The molecule has 2 fully saturated rings. The molecule has 16 heavy (non-hydrogen) atoms. The number of ether oxygens (including phenoxy) is 1. The van der Waals surface area contributed by atoms with E-state index >= 15 is 0 Å². The fourth-order valence-corrected chi connectivity index (χ4v) is 2.44.